The predicted molar refractivity (Wildman–Crippen MR) is 64.8 cm³/mol. The molecule has 84 valence electrons. The molecule has 2 aromatic heterocycles. The summed E-state index contributed by atoms with van der Waals surface area (Å²) >= 11 is 5.40. The minimum absolute atomic E-state index is 0.780. The van der Waals surface area contributed by atoms with Gasteiger partial charge in [0.25, 0.3) is 0 Å². The number of likely N-dealkylation sites (tertiary alicyclic amines) is 1. The van der Waals surface area contributed by atoms with E-state index < -0.39 is 0 Å². The number of rotatable bonds is 2. The van der Waals surface area contributed by atoms with Crippen LogP contribution in [0, 0.1) is 4.77 Å². The zero-order chi connectivity index (χ0) is 11.0. The van der Waals surface area contributed by atoms with Crippen LogP contribution in [0.15, 0.2) is 24.4 Å². The highest BCUT2D eigenvalue weighted by Crippen LogP contribution is 2.10. The van der Waals surface area contributed by atoms with Crippen LogP contribution in [0.1, 0.15) is 12.8 Å². The predicted octanol–water partition coefficient (Wildman–Crippen LogP) is 1.92. The summed E-state index contributed by atoms with van der Waals surface area (Å²) in [6.45, 7) is 3.14. The highest BCUT2D eigenvalue weighted by Gasteiger charge is 2.13. The highest BCUT2D eigenvalue weighted by molar-refractivity contribution is 7.71. The Labute approximate surface area is 99.1 Å². The third-order valence-corrected chi connectivity index (χ3v) is 3.43. The van der Waals surface area contributed by atoms with Gasteiger partial charge < -0.3 is 0 Å². The molecule has 3 rings (SSSR count). The molecule has 0 spiro atoms. The number of hydrogen-bond acceptors (Lipinski definition) is 3. The molecule has 1 aliphatic heterocycles. The summed E-state index contributed by atoms with van der Waals surface area (Å²) in [5, 5.41) is 4.51. The number of hydrogen-bond donors (Lipinski definition) is 0. The maximum atomic E-state index is 5.40. The molecule has 0 saturated carbocycles. The minimum Gasteiger partial charge on any atom is -0.284 e. The molecule has 5 heteroatoms. The first kappa shape index (κ1) is 9.99. The molecule has 0 bridgehead atoms. The molecule has 1 aliphatic rings. The minimum atomic E-state index is 0.780. The molecule has 1 saturated heterocycles. The second-order valence-corrected chi connectivity index (χ2v) is 4.54. The van der Waals surface area contributed by atoms with Gasteiger partial charge in [0.05, 0.1) is 6.67 Å². The lowest BCUT2D eigenvalue weighted by Gasteiger charge is -2.13. The van der Waals surface area contributed by atoms with Crippen molar-refractivity contribution in [3.05, 3.63) is 29.2 Å². The fraction of sp³-hybridized carbons (Fsp3) is 0.455. The summed E-state index contributed by atoms with van der Waals surface area (Å²) in [7, 11) is 0. The van der Waals surface area contributed by atoms with E-state index in [0.717, 1.165) is 30.2 Å². The largest absolute Gasteiger partial charge is 0.284 e. The van der Waals surface area contributed by atoms with Gasteiger partial charge in [-0.3, -0.25) is 9.30 Å². The molecule has 0 N–H and O–H groups in total. The molecule has 0 radical (unpaired) electrons. The van der Waals surface area contributed by atoms with Gasteiger partial charge in [-0.1, -0.05) is 6.07 Å². The fourth-order valence-electron chi connectivity index (χ4n) is 2.17. The van der Waals surface area contributed by atoms with Crippen molar-refractivity contribution >= 4 is 17.9 Å². The zero-order valence-electron chi connectivity index (χ0n) is 9.04. The number of aromatic nitrogens is 3. The summed E-state index contributed by atoms with van der Waals surface area (Å²) in [6, 6.07) is 5.94. The SMILES string of the molecule is S=c1n(CN2CCCC2)nc2ccccn12. The third-order valence-electron chi connectivity index (χ3n) is 3.02. The van der Waals surface area contributed by atoms with E-state index in [0.29, 0.717) is 0 Å². The van der Waals surface area contributed by atoms with E-state index in [1.54, 1.807) is 0 Å². The fourth-order valence-corrected chi connectivity index (χ4v) is 2.43. The molecule has 16 heavy (non-hydrogen) atoms. The summed E-state index contributed by atoms with van der Waals surface area (Å²) < 4.78 is 4.64. The van der Waals surface area contributed by atoms with E-state index in [4.69, 9.17) is 12.2 Å². The Morgan fingerprint density at radius 1 is 1.25 bits per heavy atom. The van der Waals surface area contributed by atoms with Crippen molar-refractivity contribution in [1.29, 1.82) is 0 Å². The molecule has 0 unspecified atom stereocenters. The van der Waals surface area contributed by atoms with Crippen molar-refractivity contribution in [2.75, 3.05) is 13.1 Å². The van der Waals surface area contributed by atoms with Gasteiger partial charge in [0.2, 0.25) is 4.77 Å². The standard InChI is InChI=1S/C11H14N4S/c16-11-14-8-2-1-5-10(14)12-15(11)9-13-6-3-4-7-13/h1-2,5,8H,3-4,6-7,9H2. The van der Waals surface area contributed by atoms with Crippen molar-refractivity contribution in [3.8, 4) is 0 Å². The van der Waals surface area contributed by atoms with Gasteiger partial charge in [0.15, 0.2) is 5.65 Å². The molecule has 4 nitrogen and oxygen atoms in total. The van der Waals surface area contributed by atoms with Crippen LogP contribution in [0.5, 0.6) is 0 Å². The van der Waals surface area contributed by atoms with Gasteiger partial charge in [0.1, 0.15) is 0 Å². The molecular formula is C11H14N4S. The van der Waals surface area contributed by atoms with Gasteiger partial charge in [-0.05, 0) is 50.3 Å². The Bertz CT molecular complexity index is 550. The number of fused-ring (bicyclic) bond motifs is 1. The first-order valence-electron chi connectivity index (χ1n) is 5.61. The van der Waals surface area contributed by atoms with Gasteiger partial charge in [-0.15, -0.1) is 0 Å². The third kappa shape index (κ3) is 1.66. The number of nitrogens with zero attached hydrogens (tertiary/aromatic N) is 4. The molecule has 0 atom stereocenters. The Kier molecular flexibility index (Phi) is 2.49. The van der Waals surface area contributed by atoms with Crippen molar-refractivity contribution < 1.29 is 0 Å². The van der Waals surface area contributed by atoms with E-state index in [9.17, 15) is 0 Å². The average molecular weight is 234 g/mol. The van der Waals surface area contributed by atoms with Crippen molar-refractivity contribution in [1.82, 2.24) is 19.1 Å². The lowest BCUT2D eigenvalue weighted by molar-refractivity contribution is 0.254. The van der Waals surface area contributed by atoms with E-state index in [-0.39, 0.29) is 0 Å². The van der Waals surface area contributed by atoms with Crippen LogP contribution in [0.4, 0.5) is 0 Å². The van der Waals surface area contributed by atoms with Crippen LogP contribution in [0.2, 0.25) is 0 Å². The van der Waals surface area contributed by atoms with Crippen LogP contribution < -0.4 is 0 Å². The summed E-state index contributed by atoms with van der Waals surface area (Å²) in [4.78, 5) is 2.39. The Hall–Kier alpha value is -1.20. The first-order chi connectivity index (χ1) is 7.84. The van der Waals surface area contributed by atoms with Crippen molar-refractivity contribution in [2.45, 2.75) is 19.5 Å². The van der Waals surface area contributed by atoms with Crippen LogP contribution in [0.3, 0.4) is 0 Å². The maximum absolute atomic E-state index is 5.40. The van der Waals surface area contributed by atoms with E-state index in [1.165, 1.54) is 12.8 Å². The Balaban J connectivity index is 1.97. The summed E-state index contributed by atoms with van der Waals surface area (Å²) in [6.07, 6.45) is 4.55. The lowest BCUT2D eigenvalue weighted by Crippen LogP contribution is -2.23. The molecular weight excluding hydrogens is 220 g/mol. The van der Waals surface area contributed by atoms with Gasteiger partial charge in [-0.2, -0.15) is 5.10 Å². The van der Waals surface area contributed by atoms with Crippen LogP contribution in [-0.2, 0) is 6.67 Å². The Morgan fingerprint density at radius 2 is 2.06 bits per heavy atom. The quantitative estimate of drug-likeness (QED) is 0.742. The van der Waals surface area contributed by atoms with Crippen LogP contribution in [-0.4, -0.2) is 32.2 Å². The summed E-state index contributed by atoms with van der Waals surface area (Å²) in [5.41, 5.74) is 0.923. The smallest absolute Gasteiger partial charge is 0.203 e. The van der Waals surface area contributed by atoms with Gasteiger partial charge >= 0.3 is 0 Å². The zero-order valence-corrected chi connectivity index (χ0v) is 9.86. The first-order valence-corrected chi connectivity index (χ1v) is 6.02. The van der Waals surface area contributed by atoms with Gasteiger partial charge in [-0.25, -0.2) is 4.68 Å². The molecule has 1 fully saturated rings. The Morgan fingerprint density at radius 3 is 2.81 bits per heavy atom. The normalized spacial score (nSPS) is 17.2. The van der Waals surface area contributed by atoms with Crippen LogP contribution in [0.25, 0.3) is 5.65 Å². The monoisotopic (exact) mass is 234 g/mol. The van der Waals surface area contributed by atoms with Gasteiger partial charge in [0, 0.05) is 6.20 Å². The molecule has 3 heterocycles. The average Bonchev–Trinajstić information content (AvgIpc) is 2.90. The maximum Gasteiger partial charge on any atom is 0.203 e. The second-order valence-electron chi connectivity index (χ2n) is 4.18. The molecule has 0 aliphatic carbocycles. The van der Waals surface area contributed by atoms with Crippen LogP contribution >= 0.6 is 12.2 Å². The van der Waals surface area contributed by atoms with Crippen molar-refractivity contribution in [2.24, 2.45) is 0 Å². The highest BCUT2D eigenvalue weighted by atomic mass is 32.1. The number of pyridine rings is 1. The van der Waals surface area contributed by atoms with E-state index in [1.807, 2.05) is 33.5 Å². The van der Waals surface area contributed by atoms with E-state index >= 15 is 0 Å². The van der Waals surface area contributed by atoms with E-state index in [2.05, 4.69) is 10.00 Å². The molecule has 0 amide bonds. The molecule has 0 aromatic carbocycles. The van der Waals surface area contributed by atoms with Crippen molar-refractivity contribution in [3.63, 3.8) is 0 Å². The second kappa shape index (κ2) is 3.99. The topological polar surface area (TPSA) is 25.5 Å². The lowest BCUT2D eigenvalue weighted by atomic mass is 10.4. The molecule has 2 aromatic rings. The summed E-state index contributed by atoms with van der Waals surface area (Å²) in [5.74, 6) is 0.